The normalized spacial score (nSPS) is 16.6. The first kappa shape index (κ1) is 12.8. The lowest BCUT2D eigenvalue weighted by Gasteiger charge is -2.11. The van der Waals surface area contributed by atoms with Crippen molar-refractivity contribution in [1.29, 1.82) is 0 Å². The lowest BCUT2D eigenvalue weighted by atomic mass is 10.2. The van der Waals surface area contributed by atoms with Gasteiger partial charge in [-0.2, -0.15) is 0 Å². The van der Waals surface area contributed by atoms with E-state index in [0.29, 0.717) is 6.04 Å². The minimum Gasteiger partial charge on any atom is -0.352 e. The van der Waals surface area contributed by atoms with Crippen LogP contribution in [0.2, 0.25) is 5.02 Å². The highest BCUT2D eigenvalue weighted by Crippen LogP contribution is 2.23. The predicted octanol–water partition coefficient (Wildman–Crippen LogP) is 3.24. The van der Waals surface area contributed by atoms with Crippen LogP contribution in [0.4, 0.5) is 0 Å². The van der Waals surface area contributed by atoms with Crippen LogP contribution in [0.25, 0.3) is 0 Å². The Bertz CT molecular complexity index is 406. The zero-order chi connectivity index (χ0) is 12.3. The molecule has 1 unspecified atom stereocenters. The van der Waals surface area contributed by atoms with Gasteiger partial charge in [-0.05, 0) is 37.5 Å². The first-order valence-electron chi connectivity index (χ1n) is 5.81. The SMILES string of the molecule is CC(SCc1cccc(Cl)c1)C(=O)NC1CC1. The van der Waals surface area contributed by atoms with Crippen LogP contribution < -0.4 is 5.32 Å². The molecule has 1 aromatic rings. The van der Waals surface area contributed by atoms with Crippen LogP contribution in [0.5, 0.6) is 0 Å². The summed E-state index contributed by atoms with van der Waals surface area (Å²) < 4.78 is 0. The number of carbonyl (C=O) groups is 1. The van der Waals surface area contributed by atoms with Crippen molar-refractivity contribution in [3.05, 3.63) is 34.9 Å². The van der Waals surface area contributed by atoms with Crippen molar-refractivity contribution < 1.29 is 4.79 Å². The van der Waals surface area contributed by atoms with E-state index in [0.717, 1.165) is 29.2 Å². The number of halogens is 1. The molecule has 1 N–H and O–H groups in total. The molecule has 1 saturated carbocycles. The maximum atomic E-state index is 11.7. The van der Waals surface area contributed by atoms with Crippen LogP contribution in [0.15, 0.2) is 24.3 Å². The summed E-state index contributed by atoms with van der Waals surface area (Å²) in [7, 11) is 0. The van der Waals surface area contributed by atoms with Gasteiger partial charge in [0.2, 0.25) is 5.91 Å². The number of nitrogens with one attached hydrogen (secondary N) is 1. The number of hydrogen-bond acceptors (Lipinski definition) is 2. The van der Waals surface area contributed by atoms with Crippen LogP contribution in [-0.4, -0.2) is 17.2 Å². The number of carbonyl (C=O) groups excluding carboxylic acids is 1. The fraction of sp³-hybridized carbons (Fsp3) is 0.462. The first-order valence-corrected chi connectivity index (χ1v) is 7.24. The first-order chi connectivity index (χ1) is 8.15. The molecule has 2 rings (SSSR count). The van der Waals surface area contributed by atoms with Gasteiger partial charge in [-0.1, -0.05) is 23.7 Å². The topological polar surface area (TPSA) is 29.1 Å². The Labute approximate surface area is 111 Å². The maximum Gasteiger partial charge on any atom is 0.233 e. The van der Waals surface area contributed by atoms with E-state index < -0.39 is 0 Å². The van der Waals surface area contributed by atoms with Gasteiger partial charge in [0, 0.05) is 16.8 Å². The Hall–Kier alpha value is -0.670. The second-order valence-electron chi connectivity index (χ2n) is 4.37. The van der Waals surface area contributed by atoms with Gasteiger partial charge in [-0.15, -0.1) is 11.8 Å². The minimum atomic E-state index is -0.00502. The van der Waals surface area contributed by atoms with E-state index in [1.165, 1.54) is 0 Å². The molecule has 1 fully saturated rings. The maximum absolute atomic E-state index is 11.7. The quantitative estimate of drug-likeness (QED) is 0.889. The molecule has 0 spiro atoms. The standard InChI is InChI=1S/C13H16ClNOS/c1-9(13(16)15-12-5-6-12)17-8-10-3-2-4-11(14)7-10/h2-4,7,9,12H,5-6,8H2,1H3,(H,15,16). The van der Waals surface area contributed by atoms with Crippen LogP contribution in [-0.2, 0) is 10.5 Å². The number of hydrogen-bond donors (Lipinski definition) is 1. The summed E-state index contributed by atoms with van der Waals surface area (Å²) in [5.41, 5.74) is 1.16. The molecule has 1 aliphatic carbocycles. The monoisotopic (exact) mass is 269 g/mol. The molecule has 2 nitrogen and oxygen atoms in total. The fourth-order valence-electron chi connectivity index (χ4n) is 1.47. The molecule has 92 valence electrons. The Morgan fingerprint density at radius 3 is 3.00 bits per heavy atom. The molecule has 4 heteroatoms. The van der Waals surface area contributed by atoms with Gasteiger partial charge in [0.25, 0.3) is 0 Å². The smallest absolute Gasteiger partial charge is 0.233 e. The largest absolute Gasteiger partial charge is 0.352 e. The summed E-state index contributed by atoms with van der Waals surface area (Å²) in [6.45, 7) is 1.95. The second kappa shape index (κ2) is 5.78. The molecule has 0 bridgehead atoms. The van der Waals surface area contributed by atoms with E-state index in [-0.39, 0.29) is 11.2 Å². The number of rotatable bonds is 5. The average molecular weight is 270 g/mol. The van der Waals surface area contributed by atoms with Crippen LogP contribution >= 0.6 is 23.4 Å². The minimum absolute atomic E-state index is 0.00502. The summed E-state index contributed by atoms with van der Waals surface area (Å²) in [5, 5.41) is 3.76. The van der Waals surface area contributed by atoms with Crippen molar-refractivity contribution in [3.63, 3.8) is 0 Å². The van der Waals surface area contributed by atoms with E-state index in [2.05, 4.69) is 5.32 Å². The van der Waals surface area contributed by atoms with E-state index in [1.807, 2.05) is 31.2 Å². The summed E-state index contributed by atoms with van der Waals surface area (Å²) >= 11 is 7.56. The zero-order valence-electron chi connectivity index (χ0n) is 9.78. The number of amides is 1. The molecule has 0 heterocycles. The third-order valence-corrected chi connectivity index (χ3v) is 4.13. The number of benzene rings is 1. The highest BCUT2D eigenvalue weighted by Gasteiger charge is 2.25. The third kappa shape index (κ3) is 4.25. The zero-order valence-corrected chi connectivity index (χ0v) is 11.4. The average Bonchev–Trinajstić information content (AvgIpc) is 3.10. The van der Waals surface area contributed by atoms with E-state index in [1.54, 1.807) is 11.8 Å². The van der Waals surface area contributed by atoms with Crippen LogP contribution in [0.3, 0.4) is 0 Å². The molecule has 0 aromatic heterocycles. The van der Waals surface area contributed by atoms with E-state index in [9.17, 15) is 4.79 Å². The Morgan fingerprint density at radius 1 is 1.59 bits per heavy atom. The predicted molar refractivity (Wildman–Crippen MR) is 73.4 cm³/mol. The molecule has 0 radical (unpaired) electrons. The molecule has 1 atom stereocenters. The van der Waals surface area contributed by atoms with Gasteiger partial charge in [0.1, 0.15) is 0 Å². The van der Waals surface area contributed by atoms with Crippen LogP contribution in [0, 0.1) is 0 Å². The fourth-order valence-corrected chi connectivity index (χ4v) is 2.52. The van der Waals surface area contributed by atoms with Crippen molar-refractivity contribution in [2.24, 2.45) is 0 Å². The van der Waals surface area contributed by atoms with Gasteiger partial charge < -0.3 is 5.32 Å². The van der Waals surface area contributed by atoms with Gasteiger partial charge in [0.05, 0.1) is 5.25 Å². The van der Waals surface area contributed by atoms with Gasteiger partial charge in [0.15, 0.2) is 0 Å². The summed E-state index contributed by atoms with van der Waals surface area (Å²) in [4.78, 5) is 11.7. The van der Waals surface area contributed by atoms with E-state index >= 15 is 0 Å². The Kier molecular flexibility index (Phi) is 4.35. The second-order valence-corrected chi connectivity index (χ2v) is 6.13. The highest BCUT2D eigenvalue weighted by atomic mass is 35.5. The number of thioether (sulfide) groups is 1. The van der Waals surface area contributed by atoms with Crippen molar-refractivity contribution in [3.8, 4) is 0 Å². The van der Waals surface area contributed by atoms with Crippen LogP contribution in [0.1, 0.15) is 25.3 Å². The van der Waals surface area contributed by atoms with Crippen molar-refractivity contribution in [2.45, 2.75) is 36.8 Å². The molecule has 1 aliphatic rings. The van der Waals surface area contributed by atoms with Crippen molar-refractivity contribution in [2.75, 3.05) is 0 Å². The lowest BCUT2D eigenvalue weighted by Crippen LogP contribution is -2.32. The Balaban J connectivity index is 1.78. The molecule has 17 heavy (non-hydrogen) atoms. The Morgan fingerprint density at radius 2 is 2.35 bits per heavy atom. The van der Waals surface area contributed by atoms with Crippen molar-refractivity contribution in [1.82, 2.24) is 5.32 Å². The van der Waals surface area contributed by atoms with Gasteiger partial charge in [-0.3, -0.25) is 4.79 Å². The summed E-state index contributed by atoms with van der Waals surface area (Å²) in [5.74, 6) is 0.972. The molecule has 1 aromatic carbocycles. The van der Waals surface area contributed by atoms with Gasteiger partial charge >= 0.3 is 0 Å². The summed E-state index contributed by atoms with van der Waals surface area (Å²) in [6, 6.07) is 8.22. The molecule has 1 amide bonds. The summed E-state index contributed by atoms with van der Waals surface area (Å²) in [6.07, 6.45) is 2.27. The van der Waals surface area contributed by atoms with Crippen molar-refractivity contribution >= 4 is 29.3 Å². The molecular formula is C13H16ClNOS. The molecule has 0 saturated heterocycles. The highest BCUT2D eigenvalue weighted by molar-refractivity contribution is 7.99. The van der Waals surface area contributed by atoms with E-state index in [4.69, 9.17) is 11.6 Å². The lowest BCUT2D eigenvalue weighted by molar-refractivity contribution is -0.120. The molecule has 0 aliphatic heterocycles. The third-order valence-electron chi connectivity index (χ3n) is 2.68. The van der Waals surface area contributed by atoms with Gasteiger partial charge in [-0.25, -0.2) is 0 Å². The molecular weight excluding hydrogens is 254 g/mol.